The van der Waals surface area contributed by atoms with Crippen molar-refractivity contribution in [1.29, 1.82) is 0 Å². The van der Waals surface area contributed by atoms with Crippen LogP contribution in [0.1, 0.15) is 24.1 Å². The van der Waals surface area contributed by atoms with Gasteiger partial charge in [-0.15, -0.1) is 0 Å². The summed E-state index contributed by atoms with van der Waals surface area (Å²) in [5.74, 6) is 0. The standard InChI is InChI=1S/C16H20N4O2/c1-11(10-20-8-4-7-17-20)18-16(22)19-15-13-6-3-2-5-12(13)9-14(15)21/h2-8,11,14-15,21H,9-10H2,1H3,(H2,18,19,22)/t11?,14-,15+/m0/s1. The van der Waals surface area contributed by atoms with E-state index in [1.54, 1.807) is 10.9 Å². The van der Waals surface area contributed by atoms with Gasteiger partial charge in [-0.3, -0.25) is 4.68 Å². The van der Waals surface area contributed by atoms with E-state index in [1.165, 1.54) is 0 Å². The third-order valence-electron chi connectivity index (χ3n) is 3.89. The molecule has 22 heavy (non-hydrogen) atoms. The molecule has 3 rings (SSSR count). The van der Waals surface area contributed by atoms with Crippen molar-refractivity contribution in [2.45, 2.75) is 38.1 Å². The Hall–Kier alpha value is -2.34. The molecule has 116 valence electrons. The number of hydrogen-bond acceptors (Lipinski definition) is 3. The van der Waals surface area contributed by atoms with Crippen molar-refractivity contribution in [1.82, 2.24) is 20.4 Å². The second-order valence-electron chi connectivity index (χ2n) is 5.69. The van der Waals surface area contributed by atoms with Gasteiger partial charge in [-0.25, -0.2) is 4.79 Å². The lowest BCUT2D eigenvalue weighted by molar-refractivity contribution is 0.141. The van der Waals surface area contributed by atoms with Crippen molar-refractivity contribution in [2.24, 2.45) is 0 Å². The zero-order valence-corrected chi connectivity index (χ0v) is 12.4. The Labute approximate surface area is 129 Å². The first-order valence-electron chi connectivity index (χ1n) is 7.44. The molecule has 2 amide bonds. The fourth-order valence-electron chi connectivity index (χ4n) is 2.89. The van der Waals surface area contributed by atoms with Crippen LogP contribution in [-0.4, -0.2) is 33.1 Å². The van der Waals surface area contributed by atoms with Gasteiger partial charge in [-0.1, -0.05) is 24.3 Å². The van der Waals surface area contributed by atoms with Crippen LogP contribution in [0.5, 0.6) is 0 Å². The highest BCUT2D eigenvalue weighted by atomic mass is 16.3. The number of aliphatic hydroxyl groups excluding tert-OH is 1. The Morgan fingerprint density at radius 2 is 2.27 bits per heavy atom. The maximum atomic E-state index is 12.1. The van der Waals surface area contributed by atoms with E-state index in [0.29, 0.717) is 13.0 Å². The zero-order valence-electron chi connectivity index (χ0n) is 12.4. The van der Waals surface area contributed by atoms with Gasteiger partial charge in [-0.05, 0) is 24.1 Å². The van der Waals surface area contributed by atoms with Gasteiger partial charge in [0.1, 0.15) is 0 Å². The summed E-state index contributed by atoms with van der Waals surface area (Å²) in [6, 6.07) is 8.95. The molecule has 0 bridgehead atoms. The molecule has 1 aliphatic carbocycles. The Morgan fingerprint density at radius 3 is 3.05 bits per heavy atom. The molecular weight excluding hydrogens is 280 g/mol. The number of carbonyl (C=O) groups is 1. The summed E-state index contributed by atoms with van der Waals surface area (Å²) in [5, 5.41) is 20.0. The van der Waals surface area contributed by atoms with Gasteiger partial charge in [0, 0.05) is 24.9 Å². The van der Waals surface area contributed by atoms with Crippen LogP contribution in [0.4, 0.5) is 4.79 Å². The van der Waals surface area contributed by atoms with E-state index in [4.69, 9.17) is 0 Å². The lowest BCUT2D eigenvalue weighted by atomic mass is 10.1. The molecule has 1 aromatic heterocycles. The van der Waals surface area contributed by atoms with E-state index >= 15 is 0 Å². The Bertz CT molecular complexity index is 641. The van der Waals surface area contributed by atoms with Gasteiger partial charge in [0.05, 0.1) is 18.7 Å². The van der Waals surface area contributed by atoms with Crippen LogP contribution in [-0.2, 0) is 13.0 Å². The van der Waals surface area contributed by atoms with E-state index in [2.05, 4.69) is 15.7 Å². The minimum absolute atomic E-state index is 0.0614. The number of rotatable bonds is 4. The van der Waals surface area contributed by atoms with E-state index in [-0.39, 0.29) is 18.1 Å². The normalized spacial score (nSPS) is 21.2. The Kier molecular flexibility index (Phi) is 4.11. The molecule has 1 heterocycles. The first-order chi connectivity index (χ1) is 10.6. The molecule has 6 heteroatoms. The Morgan fingerprint density at radius 1 is 1.45 bits per heavy atom. The topological polar surface area (TPSA) is 79.2 Å². The van der Waals surface area contributed by atoms with Crippen LogP contribution in [0.3, 0.4) is 0 Å². The Balaban J connectivity index is 1.58. The predicted octanol–water partition coefficient (Wildman–Crippen LogP) is 1.23. The summed E-state index contributed by atoms with van der Waals surface area (Å²) in [6.07, 6.45) is 3.56. The maximum absolute atomic E-state index is 12.1. The number of nitrogens with zero attached hydrogens (tertiary/aromatic N) is 2. The van der Waals surface area contributed by atoms with E-state index in [1.807, 2.05) is 43.5 Å². The summed E-state index contributed by atoms with van der Waals surface area (Å²) in [4.78, 5) is 12.1. The minimum Gasteiger partial charge on any atom is -0.390 e. The summed E-state index contributed by atoms with van der Waals surface area (Å²) >= 11 is 0. The third-order valence-corrected chi connectivity index (χ3v) is 3.89. The van der Waals surface area contributed by atoms with Crippen molar-refractivity contribution < 1.29 is 9.90 Å². The lowest BCUT2D eigenvalue weighted by Crippen LogP contribution is -2.45. The van der Waals surface area contributed by atoms with Gasteiger partial charge in [0.25, 0.3) is 0 Å². The SMILES string of the molecule is CC(Cn1cccn1)NC(=O)N[C@@H]1c2ccccc2C[C@@H]1O. The quantitative estimate of drug-likeness (QED) is 0.794. The molecule has 0 radical (unpaired) electrons. The van der Waals surface area contributed by atoms with Gasteiger partial charge in [0.15, 0.2) is 0 Å². The fourth-order valence-corrected chi connectivity index (χ4v) is 2.89. The van der Waals surface area contributed by atoms with Crippen LogP contribution in [0.2, 0.25) is 0 Å². The molecule has 0 aliphatic heterocycles. The number of benzene rings is 1. The number of urea groups is 1. The highest BCUT2D eigenvalue weighted by Crippen LogP contribution is 2.30. The van der Waals surface area contributed by atoms with Crippen molar-refractivity contribution in [3.63, 3.8) is 0 Å². The highest BCUT2D eigenvalue weighted by molar-refractivity contribution is 5.75. The fraction of sp³-hybridized carbons (Fsp3) is 0.375. The van der Waals surface area contributed by atoms with E-state index in [0.717, 1.165) is 11.1 Å². The molecule has 1 unspecified atom stereocenters. The molecule has 6 nitrogen and oxygen atoms in total. The second-order valence-corrected chi connectivity index (χ2v) is 5.69. The van der Waals surface area contributed by atoms with Crippen molar-refractivity contribution in [3.05, 3.63) is 53.9 Å². The monoisotopic (exact) mass is 300 g/mol. The van der Waals surface area contributed by atoms with Gasteiger partial charge >= 0.3 is 6.03 Å². The molecule has 0 saturated carbocycles. The number of nitrogens with one attached hydrogen (secondary N) is 2. The van der Waals surface area contributed by atoms with Crippen LogP contribution in [0.15, 0.2) is 42.7 Å². The zero-order chi connectivity index (χ0) is 15.5. The van der Waals surface area contributed by atoms with Crippen molar-refractivity contribution in [3.8, 4) is 0 Å². The smallest absolute Gasteiger partial charge is 0.315 e. The average molecular weight is 300 g/mol. The van der Waals surface area contributed by atoms with Crippen LogP contribution >= 0.6 is 0 Å². The van der Waals surface area contributed by atoms with Crippen LogP contribution < -0.4 is 10.6 Å². The number of carbonyl (C=O) groups excluding carboxylic acids is 1. The molecule has 3 N–H and O–H groups in total. The summed E-state index contributed by atoms with van der Waals surface area (Å²) < 4.78 is 1.77. The third kappa shape index (κ3) is 3.12. The molecule has 0 spiro atoms. The van der Waals surface area contributed by atoms with E-state index < -0.39 is 6.10 Å². The lowest BCUT2D eigenvalue weighted by Gasteiger charge is -2.20. The van der Waals surface area contributed by atoms with Gasteiger partial charge in [0.2, 0.25) is 0 Å². The first-order valence-corrected chi connectivity index (χ1v) is 7.44. The van der Waals surface area contributed by atoms with Crippen LogP contribution in [0, 0.1) is 0 Å². The van der Waals surface area contributed by atoms with Crippen molar-refractivity contribution in [2.75, 3.05) is 0 Å². The maximum Gasteiger partial charge on any atom is 0.315 e. The molecular formula is C16H20N4O2. The largest absolute Gasteiger partial charge is 0.390 e. The molecule has 3 atom stereocenters. The highest BCUT2D eigenvalue weighted by Gasteiger charge is 2.31. The summed E-state index contributed by atoms with van der Waals surface area (Å²) in [5.41, 5.74) is 2.08. The van der Waals surface area contributed by atoms with Crippen molar-refractivity contribution >= 4 is 6.03 Å². The van der Waals surface area contributed by atoms with Crippen LogP contribution in [0.25, 0.3) is 0 Å². The van der Waals surface area contributed by atoms with Gasteiger partial charge in [-0.2, -0.15) is 5.10 Å². The number of amides is 2. The molecule has 1 aliphatic rings. The average Bonchev–Trinajstić information content (AvgIpc) is 3.08. The molecule has 0 saturated heterocycles. The van der Waals surface area contributed by atoms with Gasteiger partial charge < -0.3 is 15.7 Å². The number of hydrogen-bond donors (Lipinski definition) is 3. The predicted molar refractivity (Wildman–Crippen MR) is 82.3 cm³/mol. The number of aliphatic hydroxyl groups is 1. The molecule has 2 aromatic rings. The number of fused-ring (bicyclic) bond motifs is 1. The molecule has 1 aromatic carbocycles. The van der Waals surface area contributed by atoms with E-state index in [9.17, 15) is 9.90 Å². The first kappa shape index (κ1) is 14.6. The number of aromatic nitrogens is 2. The minimum atomic E-state index is -0.579. The summed E-state index contributed by atoms with van der Waals surface area (Å²) in [7, 11) is 0. The second kappa shape index (κ2) is 6.19. The molecule has 0 fully saturated rings. The summed E-state index contributed by atoms with van der Waals surface area (Å²) in [6.45, 7) is 2.52.